The molecule has 1 aliphatic heterocycles. The van der Waals surface area contributed by atoms with Crippen LogP contribution >= 0.6 is 23.2 Å². The molecular formula is C22H23Cl2N5. The zero-order chi connectivity index (χ0) is 20.0. The summed E-state index contributed by atoms with van der Waals surface area (Å²) in [5.41, 5.74) is 3.55. The number of pyridine rings is 1. The minimum Gasteiger partial charge on any atom is -0.295 e. The van der Waals surface area contributed by atoms with Crippen LogP contribution in [0.15, 0.2) is 36.5 Å². The van der Waals surface area contributed by atoms with Crippen LogP contribution in [0.3, 0.4) is 0 Å². The van der Waals surface area contributed by atoms with E-state index in [1.807, 2.05) is 12.1 Å². The fourth-order valence-corrected chi connectivity index (χ4v) is 5.28. The van der Waals surface area contributed by atoms with Gasteiger partial charge in [-0.1, -0.05) is 29.3 Å². The van der Waals surface area contributed by atoms with E-state index in [4.69, 9.17) is 23.2 Å². The number of hydrogen-bond donors (Lipinski definition) is 0. The molecule has 5 nitrogen and oxygen atoms in total. The number of hydrogen-bond acceptors (Lipinski definition) is 4. The van der Waals surface area contributed by atoms with Gasteiger partial charge in [0, 0.05) is 23.7 Å². The monoisotopic (exact) mass is 427 g/mol. The van der Waals surface area contributed by atoms with Crippen molar-refractivity contribution in [3.63, 3.8) is 0 Å². The number of halogens is 2. The summed E-state index contributed by atoms with van der Waals surface area (Å²) in [5.74, 6) is 2.95. The minimum atomic E-state index is 0.398. The second kappa shape index (κ2) is 7.71. The van der Waals surface area contributed by atoms with Crippen molar-refractivity contribution < 1.29 is 0 Å². The van der Waals surface area contributed by atoms with Crippen molar-refractivity contribution in [1.29, 1.82) is 0 Å². The average molecular weight is 428 g/mol. The van der Waals surface area contributed by atoms with Gasteiger partial charge in [0.2, 0.25) is 0 Å². The molecule has 3 aromatic rings. The Morgan fingerprint density at radius 3 is 2.55 bits per heavy atom. The molecule has 2 aliphatic rings. The minimum absolute atomic E-state index is 0.398. The Kier molecular flexibility index (Phi) is 5.06. The van der Waals surface area contributed by atoms with E-state index >= 15 is 0 Å². The van der Waals surface area contributed by atoms with E-state index in [0.29, 0.717) is 17.0 Å². The van der Waals surface area contributed by atoms with E-state index in [9.17, 15) is 0 Å². The highest BCUT2D eigenvalue weighted by molar-refractivity contribution is 6.30. The third-order valence-corrected chi connectivity index (χ3v) is 6.76. The normalized spacial score (nSPS) is 22.0. The summed E-state index contributed by atoms with van der Waals surface area (Å²) in [4.78, 5) is 6.51. The van der Waals surface area contributed by atoms with Crippen molar-refractivity contribution in [1.82, 2.24) is 24.6 Å². The summed E-state index contributed by atoms with van der Waals surface area (Å²) in [5, 5.41) is 10.6. The molecule has 1 aromatic carbocycles. The number of nitrogens with zero attached hydrogens (tertiary/aromatic N) is 5. The van der Waals surface area contributed by atoms with Crippen molar-refractivity contribution in [3.8, 4) is 5.69 Å². The van der Waals surface area contributed by atoms with Gasteiger partial charge >= 0.3 is 0 Å². The summed E-state index contributed by atoms with van der Waals surface area (Å²) >= 11 is 12.6. The lowest BCUT2D eigenvalue weighted by molar-refractivity contribution is 0.315. The first-order valence-electron chi connectivity index (χ1n) is 10.1. The van der Waals surface area contributed by atoms with Crippen LogP contribution < -0.4 is 0 Å². The van der Waals surface area contributed by atoms with Crippen LogP contribution in [-0.4, -0.2) is 31.7 Å². The maximum atomic E-state index is 6.34. The van der Waals surface area contributed by atoms with Crippen LogP contribution in [0, 0.1) is 0 Å². The molecule has 0 N–H and O–H groups in total. The average Bonchev–Trinajstić information content (AvgIpc) is 3.06. The van der Waals surface area contributed by atoms with Crippen LogP contribution in [0.1, 0.15) is 60.3 Å². The van der Waals surface area contributed by atoms with E-state index in [2.05, 4.69) is 49.9 Å². The molecule has 0 spiro atoms. The van der Waals surface area contributed by atoms with Crippen molar-refractivity contribution in [2.24, 2.45) is 0 Å². The summed E-state index contributed by atoms with van der Waals surface area (Å²) in [6.07, 6.45) is 6.08. The predicted molar refractivity (Wildman–Crippen MR) is 115 cm³/mol. The Morgan fingerprint density at radius 2 is 1.76 bits per heavy atom. The van der Waals surface area contributed by atoms with E-state index < -0.39 is 0 Å². The van der Waals surface area contributed by atoms with Crippen molar-refractivity contribution in [2.45, 2.75) is 50.6 Å². The summed E-state index contributed by atoms with van der Waals surface area (Å²) in [7, 11) is 2.11. The second-order valence-electron chi connectivity index (χ2n) is 8.19. The van der Waals surface area contributed by atoms with Gasteiger partial charge in [0.1, 0.15) is 11.0 Å². The van der Waals surface area contributed by atoms with Crippen LogP contribution in [0.5, 0.6) is 0 Å². The lowest BCUT2D eigenvalue weighted by atomic mass is 9.78. The predicted octanol–water partition coefficient (Wildman–Crippen LogP) is 5.36. The number of fused-ring (bicyclic) bond motifs is 3. The first-order chi connectivity index (χ1) is 14.1. The second-order valence-corrected chi connectivity index (χ2v) is 8.98. The molecule has 29 heavy (non-hydrogen) atoms. The Hall–Kier alpha value is -1.95. The Morgan fingerprint density at radius 1 is 0.966 bits per heavy atom. The van der Waals surface area contributed by atoms with Crippen molar-refractivity contribution in [3.05, 3.63) is 69.5 Å². The fraction of sp³-hybridized carbons (Fsp3) is 0.409. The van der Waals surface area contributed by atoms with Gasteiger partial charge in [-0.25, -0.2) is 4.98 Å². The van der Waals surface area contributed by atoms with Crippen LogP contribution in [-0.2, 0) is 13.1 Å². The SMILES string of the molecule is CN1Cc2cc(Cl)ccc2-n2c(nnc2[C@H]2CC[C@H](c3cccnc3Cl)CC2)C1. The fourth-order valence-electron chi connectivity index (χ4n) is 4.81. The summed E-state index contributed by atoms with van der Waals surface area (Å²) < 4.78 is 2.28. The lowest BCUT2D eigenvalue weighted by Crippen LogP contribution is -2.17. The van der Waals surface area contributed by atoms with Gasteiger partial charge < -0.3 is 0 Å². The zero-order valence-corrected chi connectivity index (χ0v) is 17.9. The molecule has 0 atom stereocenters. The largest absolute Gasteiger partial charge is 0.295 e. The van der Waals surface area contributed by atoms with Gasteiger partial charge in [-0.05, 0) is 74.0 Å². The third-order valence-electron chi connectivity index (χ3n) is 6.21. The molecule has 1 saturated carbocycles. The highest BCUT2D eigenvalue weighted by Gasteiger charge is 2.31. The smallest absolute Gasteiger partial charge is 0.151 e. The van der Waals surface area contributed by atoms with Gasteiger partial charge in [0.15, 0.2) is 5.82 Å². The Bertz CT molecular complexity index is 1040. The first kappa shape index (κ1) is 19.0. The molecule has 150 valence electrons. The maximum absolute atomic E-state index is 6.34. The molecule has 0 saturated heterocycles. The van der Waals surface area contributed by atoms with Crippen molar-refractivity contribution >= 4 is 23.2 Å². The van der Waals surface area contributed by atoms with E-state index in [1.54, 1.807) is 6.20 Å². The Labute approximate surface area is 180 Å². The number of benzene rings is 1. The van der Waals surface area contributed by atoms with Crippen LogP contribution in [0.4, 0.5) is 0 Å². The Balaban J connectivity index is 1.45. The summed E-state index contributed by atoms with van der Waals surface area (Å²) in [6.45, 7) is 1.63. The topological polar surface area (TPSA) is 46.8 Å². The van der Waals surface area contributed by atoms with Gasteiger partial charge in [0.05, 0.1) is 12.2 Å². The number of aromatic nitrogens is 4. The van der Waals surface area contributed by atoms with E-state index in [-0.39, 0.29) is 0 Å². The lowest BCUT2D eigenvalue weighted by Gasteiger charge is -2.29. The molecular weight excluding hydrogens is 405 g/mol. The van der Waals surface area contributed by atoms with E-state index in [1.165, 1.54) is 11.1 Å². The van der Waals surface area contributed by atoms with Crippen LogP contribution in [0.2, 0.25) is 10.2 Å². The molecule has 1 aliphatic carbocycles. The molecule has 5 rings (SSSR count). The van der Waals surface area contributed by atoms with Gasteiger partial charge in [0.25, 0.3) is 0 Å². The molecule has 0 unspecified atom stereocenters. The third kappa shape index (κ3) is 3.56. The van der Waals surface area contributed by atoms with Gasteiger partial charge in [-0.2, -0.15) is 0 Å². The number of rotatable bonds is 2. The highest BCUT2D eigenvalue weighted by atomic mass is 35.5. The molecule has 0 amide bonds. The maximum Gasteiger partial charge on any atom is 0.151 e. The molecule has 7 heteroatoms. The van der Waals surface area contributed by atoms with E-state index in [0.717, 1.165) is 61.1 Å². The molecule has 2 aromatic heterocycles. The van der Waals surface area contributed by atoms with Gasteiger partial charge in [-0.15, -0.1) is 10.2 Å². The van der Waals surface area contributed by atoms with Crippen LogP contribution in [0.25, 0.3) is 5.69 Å². The molecule has 1 fully saturated rings. The molecule has 0 radical (unpaired) electrons. The van der Waals surface area contributed by atoms with Gasteiger partial charge in [-0.3, -0.25) is 9.47 Å². The summed E-state index contributed by atoms with van der Waals surface area (Å²) in [6, 6.07) is 10.2. The quantitative estimate of drug-likeness (QED) is 0.516. The first-order valence-corrected chi connectivity index (χ1v) is 10.9. The highest BCUT2D eigenvalue weighted by Crippen LogP contribution is 2.42. The zero-order valence-electron chi connectivity index (χ0n) is 16.4. The standard InChI is InChI=1S/C22H23Cl2N5/c1-28-12-16-11-17(23)8-9-19(16)29-20(13-28)26-27-22(29)15-6-4-14(5-7-15)18-3-2-10-25-21(18)24/h2-3,8-11,14-15H,4-7,12-13H2,1H3/t14-,15-. The molecule has 0 bridgehead atoms. The van der Waals surface area contributed by atoms with Crippen molar-refractivity contribution in [2.75, 3.05) is 7.05 Å². The molecule has 3 heterocycles.